The Morgan fingerprint density at radius 3 is 2.60 bits per heavy atom. The lowest BCUT2D eigenvalue weighted by atomic mass is 10.0. The highest BCUT2D eigenvalue weighted by Crippen LogP contribution is 2.39. The first-order valence-electron chi connectivity index (χ1n) is 3.58. The van der Waals surface area contributed by atoms with Gasteiger partial charge in [-0.1, -0.05) is 11.6 Å². The second kappa shape index (κ2) is 4.08. The second-order valence-corrected chi connectivity index (χ2v) is 4.14. The summed E-state index contributed by atoms with van der Waals surface area (Å²) in [7, 11) is 0. The van der Waals surface area contributed by atoms with E-state index >= 15 is 0 Å². The standard InChI is InChI=1S/C7H3Cl3FNO3/c8-4-2-7(10,12(14)15)5(11)1-3(4)6(9)13/h1-3H. The first-order valence-corrected chi connectivity index (χ1v) is 4.71. The molecule has 0 saturated heterocycles. The number of hydrogen-bond donors (Lipinski definition) is 0. The summed E-state index contributed by atoms with van der Waals surface area (Å²) < 4.78 is 13.2. The molecule has 4 nitrogen and oxygen atoms in total. The Labute approximate surface area is 98.4 Å². The van der Waals surface area contributed by atoms with Crippen LogP contribution in [0.3, 0.4) is 0 Å². The molecular weight excluding hydrogens is 271 g/mol. The molecular formula is C7H3Cl3FNO3. The Hall–Kier alpha value is -0.650. The van der Waals surface area contributed by atoms with Crippen molar-refractivity contribution in [1.82, 2.24) is 0 Å². The van der Waals surface area contributed by atoms with E-state index in [0.29, 0.717) is 12.2 Å². The zero-order valence-electron chi connectivity index (χ0n) is 6.92. The molecule has 0 aromatic carbocycles. The van der Waals surface area contributed by atoms with Crippen molar-refractivity contribution in [2.75, 3.05) is 0 Å². The molecule has 0 N–H and O–H groups in total. The first kappa shape index (κ1) is 12.4. The van der Waals surface area contributed by atoms with Crippen LogP contribution in [-0.2, 0) is 4.79 Å². The van der Waals surface area contributed by atoms with Gasteiger partial charge in [-0.25, -0.2) is 4.39 Å². The number of carbonyl (C=O) groups is 1. The van der Waals surface area contributed by atoms with Gasteiger partial charge in [0, 0.05) is 11.1 Å². The van der Waals surface area contributed by atoms with Crippen molar-refractivity contribution in [2.45, 2.75) is 5.00 Å². The molecule has 1 rings (SSSR count). The monoisotopic (exact) mass is 273 g/mol. The fraction of sp³-hybridized carbons (Fsp3) is 0.286. The van der Waals surface area contributed by atoms with Gasteiger partial charge in [-0.15, -0.1) is 0 Å². The van der Waals surface area contributed by atoms with Crippen LogP contribution in [0.15, 0.2) is 23.0 Å². The summed E-state index contributed by atoms with van der Waals surface area (Å²) in [5.41, 5.74) is 0. The number of hydrogen-bond acceptors (Lipinski definition) is 3. The van der Waals surface area contributed by atoms with Gasteiger partial charge in [0.05, 0.1) is 10.8 Å². The summed E-state index contributed by atoms with van der Waals surface area (Å²) in [4.78, 5) is 17.6. The van der Waals surface area contributed by atoms with E-state index in [1.54, 1.807) is 0 Å². The average molecular weight is 274 g/mol. The number of nitro groups is 1. The predicted molar refractivity (Wildman–Crippen MR) is 53.1 cm³/mol. The van der Waals surface area contributed by atoms with Crippen LogP contribution in [0.1, 0.15) is 0 Å². The first-order chi connectivity index (χ1) is 6.79. The van der Waals surface area contributed by atoms with Crippen LogP contribution in [0.4, 0.5) is 4.39 Å². The van der Waals surface area contributed by atoms with Gasteiger partial charge in [0.15, 0.2) is 5.83 Å². The Balaban J connectivity index is 3.19. The fourth-order valence-electron chi connectivity index (χ4n) is 0.998. The second-order valence-electron chi connectivity index (χ2n) is 2.76. The van der Waals surface area contributed by atoms with E-state index in [-0.39, 0.29) is 5.03 Å². The maximum Gasteiger partial charge on any atom is 0.365 e. The molecule has 0 bridgehead atoms. The van der Waals surface area contributed by atoms with E-state index in [9.17, 15) is 19.3 Å². The van der Waals surface area contributed by atoms with E-state index in [1.807, 2.05) is 0 Å². The van der Waals surface area contributed by atoms with Crippen LogP contribution in [0.2, 0.25) is 0 Å². The normalized spacial score (nSPS) is 30.5. The third-order valence-electron chi connectivity index (χ3n) is 1.78. The molecule has 0 aromatic heterocycles. The maximum absolute atomic E-state index is 13.2. The molecule has 82 valence electrons. The minimum atomic E-state index is -2.54. The number of alkyl halides is 1. The summed E-state index contributed by atoms with van der Waals surface area (Å²) in [6, 6.07) is 0. The Morgan fingerprint density at radius 2 is 2.20 bits per heavy atom. The molecule has 2 unspecified atom stereocenters. The van der Waals surface area contributed by atoms with Crippen LogP contribution in [0, 0.1) is 16.0 Å². The zero-order chi connectivity index (χ0) is 11.8. The van der Waals surface area contributed by atoms with Crippen LogP contribution in [0.5, 0.6) is 0 Å². The van der Waals surface area contributed by atoms with Gasteiger partial charge in [0.25, 0.3) is 0 Å². The summed E-state index contributed by atoms with van der Waals surface area (Å²) in [5.74, 6) is -2.50. The third kappa shape index (κ3) is 2.14. The number of allylic oxidation sites excluding steroid dienone is 2. The highest BCUT2D eigenvalue weighted by atomic mass is 35.5. The van der Waals surface area contributed by atoms with Crippen LogP contribution < -0.4 is 0 Å². The zero-order valence-corrected chi connectivity index (χ0v) is 9.18. The Morgan fingerprint density at radius 1 is 1.67 bits per heavy atom. The quantitative estimate of drug-likeness (QED) is 0.256. The predicted octanol–water partition coefficient (Wildman–Crippen LogP) is 2.57. The molecule has 2 atom stereocenters. The van der Waals surface area contributed by atoms with Gasteiger partial charge in [-0.05, 0) is 29.3 Å². The van der Waals surface area contributed by atoms with E-state index in [1.165, 1.54) is 0 Å². The molecule has 0 spiro atoms. The average Bonchev–Trinajstić information content (AvgIpc) is 2.10. The number of halogens is 4. The van der Waals surface area contributed by atoms with E-state index in [2.05, 4.69) is 0 Å². The van der Waals surface area contributed by atoms with Gasteiger partial charge in [-0.3, -0.25) is 14.9 Å². The highest BCUT2D eigenvalue weighted by Gasteiger charge is 2.48. The molecule has 0 amide bonds. The lowest BCUT2D eigenvalue weighted by Crippen LogP contribution is -2.34. The number of carbonyl (C=O) groups excluding carboxylic acids is 1. The van der Waals surface area contributed by atoms with Crippen molar-refractivity contribution < 1.29 is 14.1 Å². The van der Waals surface area contributed by atoms with Gasteiger partial charge in [0.2, 0.25) is 5.24 Å². The van der Waals surface area contributed by atoms with Crippen molar-refractivity contribution >= 4 is 40.0 Å². The molecule has 0 radical (unpaired) electrons. The molecule has 0 saturated carbocycles. The van der Waals surface area contributed by atoms with Gasteiger partial charge < -0.3 is 0 Å². The highest BCUT2D eigenvalue weighted by molar-refractivity contribution is 6.65. The molecule has 0 aliphatic heterocycles. The summed E-state index contributed by atoms with van der Waals surface area (Å²) in [6.07, 6.45) is 1.28. The van der Waals surface area contributed by atoms with Gasteiger partial charge in [0.1, 0.15) is 0 Å². The lowest BCUT2D eigenvalue weighted by molar-refractivity contribution is -0.520. The number of rotatable bonds is 2. The van der Waals surface area contributed by atoms with E-state index < -0.39 is 26.9 Å². The Kier molecular flexibility index (Phi) is 3.38. The number of nitrogens with zero attached hydrogens (tertiary/aromatic N) is 1. The lowest BCUT2D eigenvalue weighted by Gasteiger charge is -2.20. The van der Waals surface area contributed by atoms with Gasteiger partial charge >= 0.3 is 5.00 Å². The molecule has 1 aliphatic rings. The van der Waals surface area contributed by atoms with Crippen molar-refractivity contribution in [1.29, 1.82) is 0 Å². The van der Waals surface area contributed by atoms with Crippen molar-refractivity contribution in [3.8, 4) is 0 Å². The summed E-state index contributed by atoms with van der Waals surface area (Å²) >= 11 is 16.0. The van der Waals surface area contributed by atoms with Gasteiger partial charge in [-0.2, -0.15) is 0 Å². The minimum absolute atomic E-state index is 0.275. The molecule has 0 aromatic rings. The van der Waals surface area contributed by atoms with E-state index in [4.69, 9.17) is 34.8 Å². The molecule has 15 heavy (non-hydrogen) atoms. The van der Waals surface area contributed by atoms with Crippen LogP contribution in [-0.4, -0.2) is 15.2 Å². The van der Waals surface area contributed by atoms with Crippen LogP contribution in [0.25, 0.3) is 0 Å². The Bertz CT molecular complexity index is 395. The maximum atomic E-state index is 13.2. The fourth-order valence-corrected chi connectivity index (χ4v) is 1.79. The molecule has 0 fully saturated rings. The largest absolute Gasteiger partial charge is 0.365 e. The van der Waals surface area contributed by atoms with Crippen molar-refractivity contribution in [3.63, 3.8) is 0 Å². The van der Waals surface area contributed by atoms with E-state index in [0.717, 1.165) is 0 Å². The van der Waals surface area contributed by atoms with Crippen molar-refractivity contribution in [3.05, 3.63) is 33.1 Å². The van der Waals surface area contributed by atoms with Crippen LogP contribution >= 0.6 is 34.8 Å². The summed E-state index contributed by atoms with van der Waals surface area (Å²) in [6.45, 7) is 0. The topological polar surface area (TPSA) is 60.2 Å². The summed E-state index contributed by atoms with van der Waals surface area (Å²) in [5, 5.41) is 9.27. The molecule has 0 heterocycles. The minimum Gasteiger partial charge on any atom is -0.280 e. The molecule has 8 heteroatoms. The third-order valence-corrected chi connectivity index (χ3v) is 2.79. The SMILES string of the molecule is O=C(Cl)C1C=C(F)C(Cl)([N+](=O)[O-])C=C1Cl. The smallest absolute Gasteiger partial charge is 0.280 e. The van der Waals surface area contributed by atoms with Crippen molar-refractivity contribution in [2.24, 2.45) is 5.92 Å². The molecule has 1 aliphatic carbocycles.